The molecule has 35 heavy (non-hydrogen) atoms. The molecule has 0 unspecified atom stereocenters. The Kier molecular flexibility index (Phi) is 9.43. The highest BCUT2D eigenvalue weighted by Crippen LogP contribution is 2.39. The third kappa shape index (κ3) is 6.10. The van der Waals surface area contributed by atoms with Gasteiger partial charge in [0.15, 0.2) is 0 Å². The second-order valence-corrected chi connectivity index (χ2v) is 9.94. The summed E-state index contributed by atoms with van der Waals surface area (Å²) in [6, 6.07) is 6.11. The average molecular weight is 488 g/mol. The van der Waals surface area contributed by atoms with Gasteiger partial charge >= 0.3 is 0 Å². The number of carbonyl (C=O) groups is 2. The lowest BCUT2D eigenvalue weighted by Crippen LogP contribution is -2.55. The van der Waals surface area contributed by atoms with Crippen LogP contribution in [0, 0.1) is 0 Å². The van der Waals surface area contributed by atoms with Crippen LogP contribution in [0.4, 0.5) is 0 Å². The number of hydrogen-bond acceptors (Lipinski definition) is 5. The van der Waals surface area contributed by atoms with E-state index in [0.29, 0.717) is 31.4 Å². The van der Waals surface area contributed by atoms with Crippen LogP contribution in [-0.2, 0) is 16.1 Å². The van der Waals surface area contributed by atoms with Gasteiger partial charge in [-0.15, -0.1) is 0 Å². The van der Waals surface area contributed by atoms with E-state index in [2.05, 4.69) is 19.2 Å². The highest BCUT2D eigenvalue weighted by Gasteiger charge is 2.39. The fourth-order valence-electron chi connectivity index (χ4n) is 5.20. The van der Waals surface area contributed by atoms with Crippen molar-refractivity contribution in [1.82, 2.24) is 14.8 Å². The van der Waals surface area contributed by atoms with E-state index in [4.69, 9.17) is 14.2 Å². The fraction of sp³-hybridized carbons (Fsp3) is 0.630. The highest BCUT2D eigenvalue weighted by molar-refractivity contribution is 6.03. The van der Waals surface area contributed by atoms with Crippen LogP contribution in [0.15, 0.2) is 18.2 Å². The maximum Gasteiger partial charge on any atom is 0.271 e. The molecule has 2 aliphatic rings. The van der Waals surface area contributed by atoms with Gasteiger partial charge in [-0.25, -0.2) is 0 Å². The van der Waals surface area contributed by atoms with E-state index >= 15 is 0 Å². The van der Waals surface area contributed by atoms with Gasteiger partial charge in [-0.1, -0.05) is 32.1 Å². The SMILES string of the molecule is COCCN1C(=O)c2cc3c(OC)ccc(OC)c3n2CC1(C)C.O=CNC1CCCCCCC1. The Hall–Kier alpha value is -2.74. The minimum absolute atomic E-state index is 0.00334. The summed E-state index contributed by atoms with van der Waals surface area (Å²) in [5.41, 5.74) is 1.24. The Morgan fingerprint density at radius 1 is 1.03 bits per heavy atom. The summed E-state index contributed by atoms with van der Waals surface area (Å²) in [5, 5.41) is 3.76. The van der Waals surface area contributed by atoms with Crippen LogP contribution in [0.25, 0.3) is 10.9 Å². The van der Waals surface area contributed by atoms with Crippen LogP contribution < -0.4 is 14.8 Å². The standard InChI is InChI=1S/C18H24N2O4.C9H17NO/c1-18(2)11-19-13(17(21)20(18)8-9-22-3)10-12-14(23-4)6-7-15(24-5)16(12)19;11-8-10-9-6-4-2-1-3-5-7-9/h6-7,10H,8-9,11H2,1-5H3;8-9H,1-7H2,(H,10,11). The molecule has 8 nitrogen and oxygen atoms in total. The molecule has 1 fully saturated rings. The number of amides is 2. The molecule has 0 atom stereocenters. The molecule has 2 aromatic rings. The molecule has 0 saturated heterocycles. The van der Waals surface area contributed by atoms with Crippen molar-refractivity contribution in [1.29, 1.82) is 0 Å². The molecule has 1 N–H and O–H groups in total. The Labute approximate surface area is 208 Å². The summed E-state index contributed by atoms with van der Waals surface area (Å²) in [6.07, 6.45) is 9.84. The number of ether oxygens (including phenoxy) is 3. The number of methoxy groups -OCH3 is 3. The first-order chi connectivity index (χ1) is 16.9. The summed E-state index contributed by atoms with van der Waals surface area (Å²) < 4.78 is 18.2. The zero-order valence-electron chi connectivity index (χ0n) is 21.9. The number of nitrogens with zero attached hydrogens (tertiary/aromatic N) is 2. The van der Waals surface area contributed by atoms with E-state index in [0.717, 1.165) is 28.8 Å². The molecule has 0 radical (unpaired) electrons. The Balaban J connectivity index is 0.000000261. The molecule has 1 aromatic heterocycles. The lowest BCUT2D eigenvalue weighted by atomic mass is 9.97. The van der Waals surface area contributed by atoms with Crippen molar-refractivity contribution in [3.8, 4) is 11.5 Å². The highest BCUT2D eigenvalue weighted by atomic mass is 16.5. The summed E-state index contributed by atoms with van der Waals surface area (Å²) >= 11 is 0. The lowest BCUT2D eigenvalue weighted by molar-refractivity contribution is -0.110. The van der Waals surface area contributed by atoms with Crippen LogP contribution in [0.2, 0.25) is 0 Å². The van der Waals surface area contributed by atoms with Gasteiger partial charge in [0, 0.05) is 31.6 Å². The third-order valence-electron chi connectivity index (χ3n) is 7.09. The van der Waals surface area contributed by atoms with Gasteiger partial charge in [0.05, 0.1) is 31.9 Å². The number of benzene rings is 1. The van der Waals surface area contributed by atoms with Gasteiger partial charge in [0.25, 0.3) is 5.91 Å². The van der Waals surface area contributed by atoms with E-state index < -0.39 is 0 Å². The normalized spacial score (nSPS) is 18.1. The first-order valence-corrected chi connectivity index (χ1v) is 12.6. The van der Waals surface area contributed by atoms with E-state index in [1.807, 2.05) is 27.7 Å². The molecule has 2 amide bonds. The summed E-state index contributed by atoms with van der Waals surface area (Å²) in [5.74, 6) is 1.48. The van der Waals surface area contributed by atoms with Crippen molar-refractivity contribution < 1.29 is 23.8 Å². The Morgan fingerprint density at radius 2 is 1.66 bits per heavy atom. The summed E-state index contributed by atoms with van der Waals surface area (Å²) in [7, 11) is 4.92. The molecule has 1 aromatic carbocycles. The lowest BCUT2D eigenvalue weighted by Gasteiger charge is -2.43. The van der Waals surface area contributed by atoms with E-state index in [1.165, 1.54) is 44.9 Å². The largest absolute Gasteiger partial charge is 0.496 e. The monoisotopic (exact) mass is 487 g/mol. The molecule has 0 bridgehead atoms. The third-order valence-corrected chi connectivity index (χ3v) is 7.09. The number of fused-ring (bicyclic) bond motifs is 3. The van der Waals surface area contributed by atoms with Gasteiger partial charge in [-0.05, 0) is 44.9 Å². The second kappa shape index (κ2) is 12.3. The molecular formula is C27H41N3O5. The van der Waals surface area contributed by atoms with E-state index in [9.17, 15) is 9.59 Å². The zero-order chi connectivity index (χ0) is 25.4. The van der Waals surface area contributed by atoms with Crippen molar-refractivity contribution in [2.45, 2.75) is 76.9 Å². The molecule has 194 valence electrons. The number of aromatic nitrogens is 1. The summed E-state index contributed by atoms with van der Waals surface area (Å²) in [4.78, 5) is 25.1. The second-order valence-electron chi connectivity index (χ2n) is 9.94. The quantitative estimate of drug-likeness (QED) is 0.586. The first-order valence-electron chi connectivity index (χ1n) is 12.6. The zero-order valence-corrected chi connectivity index (χ0v) is 21.9. The molecule has 2 heterocycles. The van der Waals surface area contributed by atoms with Gasteiger partial charge in [0.2, 0.25) is 6.41 Å². The topological polar surface area (TPSA) is 82.0 Å². The molecule has 1 saturated carbocycles. The maximum atomic E-state index is 13.1. The van der Waals surface area contributed by atoms with E-state index in [1.54, 1.807) is 21.3 Å². The van der Waals surface area contributed by atoms with Crippen molar-refractivity contribution in [2.24, 2.45) is 0 Å². The number of carbonyl (C=O) groups excluding carboxylic acids is 2. The fourth-order valence-corrected chi connectivity index (χ4v) is 5.20. The molecule has 8 heteroatoms. The predicted octanol–water partition coefficient (Wildman–Crippen LogP) is 4.38. The molecule has 1 aliphatic heterocycles. The van der Waals surface area contributed by atoms with Crippen molar-refractivity contribution in [3.63, 3.8) is 0 Å². The van der Waals surface area contributed by atoms with Crippen molar-refractivity contribution in [2.75, 3.05) is 34.5 Å². The van der Waals surface area contributed by atoms with Crippen LogP contribution in [-0.4, -0.2) is 67.8 Å². The predicted molar refractivity (Wildman–Crippen MR) is 137 cm³/mol. The van der Waals surface area contributed by atoms with Crippen LogP contribution in [0.5, 0.6) is 11.5 Å². The van der Waals surface area contributed by atoms with Gasteiger partial charge in [-0.2, -0.15) is 0 Å². The van der Waals surface area contributed by atoms with Gasteiger partial charge in [-0.3, -0.25) is 9.59 Å². The average Bonchev–Trinajstić information content (AvgIpc) is 3.19. The Bertz CT molecular complexity index is 992. The summed E-state index contributed by atoms with van der Waals surface area (Å²) in [6.45, 7) is 5.91. The smallest absolute Gasteiger partial charge is 0.271 e. The minimum atomic E-state index is -0.317. The maximum absolute atomic E-state index is 13.1. The number of nitrogens with one attached hydrogen (secondary N) is 1. The van der Waals surface area contributed by atoms with Crippen LogP contribution in [0.1, 0.15) is 69.3 Å². The van der Waals surface area contributed by atoms with Gasteiger partial charge in [0.1, 0.15) is 17.2 Å². The molecule has 0 spiro atoms. The van der Waals surface area contributed by atoms with Crippen molar-refractivity contribution in [3.05, 3.63) is 23.9 Å². The Morgan fingerprint density at radius 3 is 2.26 bits per heavy atom. The molecular weight excluding hydrogens is 446 g/mol. The molecule has 1 aliphatic carbocycles. The van der Waals surface area contributed by atoms with Gasteiger partial charge < -0.3 is 29.0 Å². The van der Waals surface area contributed by atoms with Crippen LogP contribution in [0.3, 0.4) is 0 Å². The van der Waals surface area contributed by atoms with Crippen LogP contribution >= 0.6 is 0 Å². The molecule has 4 rings (SSSR count). The minimum Gasteiger partial charge on any atom is -0.496 e. The van der Waals surface area contributed by atoms with E-state index in [-0.39, 0.29) is 11.4 Å². The van der Waals surface area contributed by atoms with Crippen molar-refractivity contribution >= 4 is 23.2 Å². The number of rotatable bonds is 7. The number of hydrogen-bond donors (Lipinski definition) is 1. The first kappa shape index (κ1) is 26.9.